The van der Waals surface area contributed by atoms with E-state index in [9.17, 15) is 23.9 Å². The quantitative estimate of drug-likeness (QED) is 0.127. The Morgan fingerprint density at radius 3 is 2.41 bits per heavy atom. The van der Waals surface area contributed by atoms with E-state index in [1.165, 1.54) is 31.4 Å². The summed E-state index contributed by atoms with van der Waals surface area (Å²) >= 11 is 0.887. The number of thiazole rings is 1. The van der Waals surface area contributed by atoms with E-state index in [0.717, 1.165) is 21.8 Å². The number of ether oxygens (including phenoxy) is 2. The second-order valence-corrected chi connectivity index (χ2v) is 10.4. The van der Waals surface area contributed by atoms with Crippen molar-refractivity contribution in [2.24, 2.45) is 0 Å². The summed E-state index contributed by atoms with van der Waals surface area (Å²) in [5.41, 5.74) is 2.43. The number of aliphatic hydroxyl groups excluding tert-OH is 1. The minimum Gasteiger partial charge on any atom is -0.507 e. The number of hydrogen-bond donors (Lipinski definition) is 1. The number of esters is 1. The van der Waals surface area contributed by atoms with Crippen LogP contribution in [0.15, 0.2) is 78.4 Å². The van der Waals surface area contributed by atoms with E-state index in [1.807, 2.05) is 30.3 Å². The molecule has 41 heavy (non-hydrogen) atoms. The van der Waals surface area contributed by atoms with Gasteiger partial charge in [-0.1, -0.05) is 53.8 Å². The van der Waals surface area contributed by atoms with Crippen LogP contribution in [0.1, 0.15) is 43.7 Å². The predicted octanol–water partition coefficient (Wildman–Crippen LogP) is 5.89. The molecule has 1 aliphatic rings. The molecule has 1 N–H and O–H groups in total. The number of anilines is 1. The minimum atomic E-state index is -1.12. The molecule has 0 saturated carbocycles. The molecule has 1 aromatic heterocycles. The molecule has 8 nitrogen and oxygen atoms in total. The van der Waals surface area contributed by atoms with Gasteiger partial charge in [-0.25, -0.2) is 14.2 Å². The van der Waals surface area contributed by atoms with Gasteiger partial charge in [0.05, 0.1) is 24.4 Å². The Balaban J connectivity index is 1.57. The van der Waals surface area contributed by atoms with Gasteiger partial charge >= 0.3 is 11.9 Å². The molecule has 5 rings (SSSR count). The number of methoxy groups -OCH3 is 1. The van der Waals surface area contributed by atoms with Gasteiger partial charge in [0, 0.05) is 5.56 Å². The van der Waals surface area contributed by atoms with Gasteiger partial charge in [-0.3, -0.25) is 14.5 Å². The van der Waals surface area contributed by atoms with Gasteiger partial charge in [0.2, 0.25) is 0 Å². The average molecular weight is 573 g/mol. The first-order valence-electron chi connectivity index (χ1n) is 12.6. The number of Topliss-reactive ketones (excluding diaryl/α,β-unsaturated/α-hetero) is 1. The summed E-state index contributed by atoms with van der Waals surface area (Å²) < 4.78 is 24.5. The van der Waals surface area contributed by atoms with E-state index in [1.54, 1.807) is 32.0 Å². The summed E-state index contributed by atoms with van der Waals surface area (Å²) in [4.78, 5) is 44.7. The second-order valence-electron chi connectivity index (χ2n) is 9.37. The number of halogens is 1. The molecule has 0 bridgehead atoms. The number of carbonyl (C=O) groups excluding carboxylic acids is 3. The fraction of sp³-hybridized carbons (Fsp3) is 0.161. The van der Waals surface area contributed by atoms with Crippen molar-refractivity contribution in [3.05, 3.63) is 117 Å². The van der Waals surface area contributed by atoms with E-state index in [0.29, 0.717) is 34.7 Å². The summed E-state index contributed by atoms with van der Waals surface area (Å²) in [5, 5.41) is 11.6. The summed E-state index contributed by atoms with van der Waals surface area (Å²) in [7, 11) is 1.23. The van der Waals surface area contributed by atoms with Gasteiger partial charge in [-0.15, -0.1) is 0 Å². The Morgan fingerprint density at radius 2 is 1.76 bits per heavy atom. The maximum absolute atomic E-state index is 13.8. The first-order chi connectivity index (χ1) is 19.7. The lowest BCUT2D eigenvalue weighted by atomic mass is 9.94. The van der Waals surface area contributed by atoms with Gasteiger partial charge < -0.3 is 14.6 Å². The van der Waals surface area contributed by atoms with Crippen LogP contribution in [-0.2, 0) is 20.9 Å². The number of ketones is 1. The highest BCUT2D eigenvalue weighted by Gasteiger charge is 2.48. The molecule has 2 heterocycles. The molecular formula is C31H25FN2O6S. The zero-order valence-electron chi connectivity index (χ0n) is 22.4. The highest BCUT2D eigenvalue weighted by molar-refractivity contribution is 7.17. The number of nitrogens with zero attached hydrogens (tertiary/aromatic N) is 2. The van der Waals surface area contributed by atoms with Crippen LogP contribution in [0.3, 0.4) is 0 Å². The van der Waals surface area contributed by atoms with Crippen molar-refractivity contribution in [1.82, 2.24) is 4.98 Å². The maximum Gasteiger partial charge on any atom is 0.350 e. The number of aryl methyl sites for hydroxylation is 2. The minimum absolute atomic E-state index is 0.0692. The third-order valence-electron chi connectivity index (χ3n) is 6.69. The number of carbonyl (C=O) groups is 3. The summed E-state index contributed by atoms with van der Waals surface area (Å²) in [6, 6.07) is 18.8. The molecule has 4 aromatic rings. The highest BCUT2D eigenvalue weighted by Crippen LogP contribution is 2.44. The maximum atomic E-state index is 13.8. The van der Waals surface area contributed by atoms with Crippen LogP contribution in [0.25, 0.3) is 5.76 Å². The number of rotatable bonds is 7. The van der Waals surface area contributed by atoms with Crippen LogP contribution < -0.4 is 9.64 Å². The fourth-order valence-electron chi connectivity index (χ4n) is 4.64. The first kappa shape index (κ1) is 27.7. The molecule has 208 valence electrons. The summed E-state index contributed by atoms with van der Waals surface area (Å²) in [6.45, 7) is 3.68. The largest absolute Gasteiger partial charge is 0.507 e. The lowest BCUT2D eigenvalue weighted by Gasteiger charge is -2.23. The van der Waals surface area contributed by atoms with Crippen molar-refractivity contribution in [2.75, 3.05) is 12.0 Å². The van der Waals surface area contributed by atoms with Crippen molar-refractivity contribution in [3.63, 3.8) is 0 Å². The third kappa shape index (κ3) is 5.33. The zero-order chi connectivity index (χ0) is 29.3. The van der Waals surface area contributed by atoms with E-state index in [4.69, 9.17) is 9.47 Å². The van der Waals surface area contributed by atoms with Crippen molar-refractivity contribution < 1.29 is 33.4 Å². The van der Waals surface area contributed by atoms with Gasteiger partial charge in [0.25, 0.3) is 5.78 Å². The lowest BCUT2D eigenvalue weighted by Crippen LogP contribution is -2.29. The number of aromatic nitrogens is 1. The van der Waals surface area contributed by atoms with Gasteiger partial charge in [0.15, 0.2) is 5.13 Å². The molecule has 3 aromatic carbocycles. The second kappa shape index (κ2) is 11.3. The van der Waals surface area contributed by atoms with Crippen LogP contribution in [0.5, 0.6) is 5.75 Å². The molecule has 0 spiro atoms. The van der Waals surface area contributed by atoms with E-state index in [-0.39, 0.29) is 15.6 Å². The Hall–Kier alpha value is -4.83. The molecule has 1 aliphatic heterocycles. The SMILES string of the molecule is COC(=O)c1sc(N2C(=O)C(=O)C(=C(O)c3ccc(OCc4ccccc4)cc3C)[C@H]2c2ccc(F)cc2)nc1C. The molecule has 1 atom stereocenters. The molecule has 1 saturated heterocycles. The van der Waals surface area contributed by atoms with Crippen molar-refractivity contribution in [3.8, 4) is 5.75 Å². The van der Waals surface area contributed by atoms with Crippen LogP contribution in [0.2, 0.25) is 0 Å². The third-order valence-corrected chi connectivity index (χ3v) is 7.83. The normalized spacial score (nSPS) is 16.2. The fourth-order valence-corrected chi connectivity index (χ4v) is 5.65. The van der Waals surface area contributed by atoms with Crippen LogP contribution in [0, 0.1) is 19.7 Å². The van der Waals surface area contributed by atoms with E-state index >= 15 is 0 Å². The summed E-state index contributed by atoms with van der Waals surface area (Å²) in [6.07, 6.45) is 0. The molecule has 0 unspecified atom stereocenters. The Bertz CT molecular complexity index is 1680. The average Bonchev–Trinajstić information content (AvgIpc) is 3.48. The van der Waals surface area contributed by atoms with E-state index < -0.39 is 35.3 Å². The van der Waals surface area contributed by atoms with Crippen molar-refractivity contribution in [1.29, 1.82) is 0 Å². The number of hydrogen-bond acceptors (Lipinski definition) is 8. The number of amides is 1. The molecule has 0 aliphatic carbocycles. The number of benzene rings is 3. The molecule has 10 heteroatoms. The van der Waals surface area contributed by atoms with Crippen LogP contribution >= 0.6 is 11.3 Å². The smallest absolute Gasteiger partial charge is 0.350 e. The van der Waals surface area contributed by atoms with Crippen molar-refractivity contribution in [2.45, 2.75) is 26.5 Å². The van der Waals surface area contributed by atoms with Gasteiger partial charge in [0.1, 0.15) is 28.8 Å². The van der Waals surface area contributed by atoms with Crippen molar-refractivity contribution >= 4 is 39.9 Å². The lowest BCUT2D eigenvalue weighted by molar-refractivity contribution is -0.132. The zero-order valence-corrected chi connectivity index (χ0v) is 23.2. The van der Waals surface area contributed by atoms with Crippen LogP contribution in [0.4, 0.5) is 9.52 Å². The van der Waals surface area contributed by atoms with Gasteiger partial charge in [-0.05, 0) is 60.9 Å². The van der Waals surface area contributed by atoms with Crippen LogP contribution in [-0.4, -0.2) is 34.9 Å². The topological polar surface area (TPSA) is 106 Å². The first-order valence-corrected chi connectivity index (χ1v) is 13.4. The Kier molecular flexibility index (Phi) is 7.67. The van der Waals surface area contributed by atoms with Gasteiger partial charge in [-0.2, -0.15) is 0 Å². The Labute approximate surface area is 239 Å². The highest BCUT2D eigenvalue weighted by atomic mass is 32.1. The monoisotopic (exact) mass is 572 g/mol. The summed E-state index contributed by atoms with van der Waals surface area (Å²) in [5.74, 6) is -2.85. The molecule has 0 radical (unpaired) electrons. The molecule has 1 fully saturated rings. The molecule has 1 amide bonds. The predicted molar refractivity (Wildman–Crippen MR) is 151 cm³/mol. The number of aliphatic hydroxyl groups is 1. The standard InChI is InChI=1S/C31H25FN2O6S/c1-17-15-22(40-16-19-7-5-4-6-8-19)13-14-23(17)26(35)24-25(20-9-11-21(32)12-10-20)34(29(37)27(24)36)31-33-18(2)28(41-31)30(38)39-3/h4-15,25,35H,16H2,1-3H3/t25-/m1/s1. The van der Waals surface area contributed by atoms with E-state index in [2.05, 4.69) is 4.98 Å². The molecular weight excluding hydrogens is 547 g/mol. The Morgan fingerprint density at radius 1 is 1.05 bits per heavy atom.